The maximum absolute atomic E-state index is 5.07. The van der Waals surface area contributed by atoms with Crippen molar-refractivity contribution in [2.24, 2.45) is 0 Å². The highest BCUT2D eigenvalue weighted by Crippen LogP contribution is 2.41. The van der Waals surface area contributed by atoms with E-state index in [1.807, 2.05) is 24.3 Å². The molecule has 9 rings (SSSR count). The van der Waals surface area contributed by atoms with Gasteiger partial charge in [-0.15, -0.1) is 0 Å². The summed E-state index contributed by atoms with van der Waals surface area (Å²) in [4.78, 5) is 36.6. The average Bonchev–Trinajstić information content (AvgIpc) is 3.31. The number of fused-ring (bicyclic) bond motifs is 5. The average molecular weight is 609 g/mol. The van der Waals surface area contributed by atoms with Crippen molar-refractivity contribution in [1.82, 2.24) is 29.9 Å². The molecule has 0 saturated carbocycles. The van der Waals surface area contributed by atoms with E-state index in [1.165, 1.54) is 22.1 Å². The molecule has 5 aromatic heterocycles. The number of rotatable bonds is 4. The number of hydrogen-bond acceptors (Lipinski definition) is 9. The van der Waals surface area contributed by atoms with Crippen molar-refractivity contribution in [2.45, 2.75) is 39.5 Å². The van der Waals surface area contributed by atoms with Gasteiger partial charge in [0.15, 0.2) is 0 Å². The molecule has 9 heteroatoms. The smallest absolute Gasteiger partial charge is 0.135 e. The third-order valence-corrected chi connectivity index (χ3v) is 10.6. The molecule has 0 spiro atoms. The van der Waals surface area contributed by atoms with Crippen LogP contribution in [-0.2, 0) is 0 Å². The van der Waals surface area contributed by atoms with E-state index in [2.05, 4.69) is 73.9 Å². The van der Waals surface area contributed by atoms with Gasteiger partial charge in [-0.05, 0) is 52.0 Å². The van der Waals surface area contributed by atoms with Crippen LogP contribution in [0.5, 0.6) is 0 Å². The number of anilines is 2. The van der Waals surface area contributed by atoms with Gasteiger partial charge >= 0.3 is 0 Å². The number of pyridine rings is 2. The summed E-state index contributed by atoms with van der Waals surface area (Å²) in [6.07, 6.45) is 0. The van der Waals surface area contributed by atoms with Crippen LogP contribution in [0, 0.1) is 27.7 Å². The van der Waals surface area contributed by atoms with Crippen molar-refractivity contribution in [3.05, 3.63) is 95.1 Å². The number of hydrogen-bond donors (Lipinski definition) is 0. The van der Waals surface area contributed by atoms with E-state index in [4.69, 9.17) is 29.9 Å². The van der Waals surface area contributed by atoms with Gasteiger partial charge in [-0.25, -0.2) is 29.9 Å². The van der Waals surface area contributed by atoms with E-state index in [9.17, 15) is 0 Å². The zero-order valence-electron chi connectivity index (χ0n) is 25.7. The predicted octanol–water partition coefficient (Wildman–Crippen LogP) is 7.17. The largest absolute Gasteiger partial charge is 0.368 e. The van der Waals surface area contributed by atoms with Crippen LogP contribution in [-0.4, -0.2) is 56.1 Å². The standard InChI is InChI=1S/C36H32N8S/c1-19-25-9-5-7-11-29(25)41-33(37-19)23-15-43(16-23)31-13-27-28-14-32(22(4)40-36(28)45-35(27)39-21(31)3)44-17-24(18-44)34-38-20(2)26-10-6-8-12-30(26)42-34/h5-14,23-24H,15-18H2,1-4H3. The van der Waals surface area contributed by atoms with Gasteiger partial charge in [-0.1, -0.05) is 47.7 Å². The molecule has 2 aromatic carbocycles. The molecule has 0 unspecified atom stereocenters. The van der Waals surface area contributed by atoms with Gasteiger partial charge in [0.05, 0.1) is 45.6 Å². The first-order valence-corrected chi connectivity index (χ1v) is 16.4. The van der Waals surface area contributed by atoms with Crippen molar-refractivity contribution in [1.29, 1.82) is 0 Å². The lowest BCUT2D eigenvalue weighted by Gasteiger charge is -2.41. The molecule has 8 nitrogen and oxygen atoms in total. The Hall–Kier alpha value is -4.76. The summed E-state index contributed by atoms with van der Waals surface area (Å²) >= 11 is 1.68. The second kappa shape index (κ2) is 9.87. The zero-order valence-corrected chi connectivity index (χ0v) is 26.6. The fraction of sp³-hybridized carbons (Fsp3) is 0.278. The predicted molar refractivity (Wildman–Crippen MR) is 183 cm³/mol. The SMILES string of the molecule is Cc1nc2sc3nc(C)c(N4CC(c5nc(C)c6ccccc6n5)C4)cc3c2cc1N1CC(c2nc(C)c3ccccc3n2)C1. The van der Waals surface area contributed by atoms with E-state index in [0.29, 0.717) is 11.8 Å². The number of benzene rings is 2. The fourth-order valence-corrected chi connectivity index (χ4v) is 8.08. The van der Waals surface area contributed by atoms with Crippen LogP contribution < -0.4 is 9.80 Å². The number of aryl methyl sites for hydroxylation is 4. The van der Waals surface area contributed by atoms with Crippen LogP contribution in [0.1, 0.15) is 46.3 Å². The second-order valence-corrected chi connectivity index (χ2v) is 13.5. The minimum atomic E-state index is 0.313. The van der Waals surface area contributed by atoms with Gasteiger partial charge in [0.1, 0.15) is 21.3 Å². The lowest BCUT2D eigenvalue weighted by Crippen LogP contribution is -2.46. The molecule has 7 aromatic rings. The first kappa shape index (κ1) is 26.6. The molecule has 0 amide bonds. The molecular formula is C36H32N8S. The summed E-state index contributed by atoms with van der Waals surface area (Å²) in [6, 6.07) is 21.2. The second-order valence-electron chi connectivity index (χ2n) is 12.6. The monoisotopic (exact) mass is 608 g/mol. The van der Waals surface area contributed by atoms with Crippen LogP contribution in [0.15, 0.2) is 60.7 Å². The highest BCUT2D eigenvalue weighted by Gasteiger charge is 2.34. The fourth-order valence-electron chi connectivity index (χ4n) is 6.98. The summed E-state index contributed by atoms with van der Waals surface area (Å²) in [6.45, 7) is 12.0. The maximum Gasteiger partial charge on any atom is 0.135 e. The molecule has 0 N–H and O–H groups in total. The molecule has 7 heterocycles. The molecule has 2 saturated heterocycles. The van der Waals surface area contributed by atoms with Crippen molar-refractivity contribution in [3.63, 3.8) is 0 Å². The molecule has 45 heavy (non-hydrogen) atoms. The van der Waals surface area contributed by atoms with Crippen molar-refractivity contribution >= 4 is 65.0 Å². The van der Waals surface area contributed by atoms with Crippen molar-refractivity contribution < 1.29 is 0 Å². The topological polar surface area (TPSA) is 83.8 Å². The van der Waals surface area contributed by atoms with Gasteiger partial charge < -0.3 is 9.80 Å². The highest BCUT2D eigenvalue weighted by atomic mass is 32.1. The normalized spacial score (nSPS) is 15.8. The van der Waals surface area contributed by atoms with Crippen LogP contribution in [0.4, 0.5) is 11.4 Å². The number of nitrogens with zero attached hydrogens (tertiary/aromatic N) is 8. The third-order valence-electron chi connectivity index (χ3n) is 9.58. The van der Waals surface area contributed by atoms with Gasteiger partial charge in [0.25, 0.3) is 0 Å². The first-order valence-electron chi connectivity index (χ1n) is 15.6. The van der Waals surface area contributed by atoms with E-state index in [1.54, 1.807) is 11.3 Å². The summed E-state index contributed by atoms with van der Waals surface area (Å²) in [5, 5.41) is 4.61. The molecule has 2 aliphatic rings. The Morgan fingerprint density at radius 2 is 0.933 bits per heavy atom. The Kier molecular flexibility index (Phi) is 5.84. The Morgan fingerprint density at radius 3 is 1.38 bits per heavy atom. The maximum atomic E-state index is 5.07. The minimum absolute atomic E-state index is 0.313. The molecule has 0 radical (unpaired) electrons. The van der Waals surface area contributed by atoms with E-state index in [0.717, 1.165) is 92.1 Å². The van der Waals surface area contributed by atoms with Gasteiger partial charge in [0.2, 0.25) is 0 Å². The molecule has 2 fully saturated rings. The third kappa shape index (κ3) is 4.24. The van der Waals surface area contributed by atoms with Gasteiger partial charge in [-0.3, -0.25) is 0 Å². The summed E-state index contributed by atoms with van der Waals surface area (Å²) in [5.74, 6) is 2.51. The molecule has 0 atom stereocenters. The Bertz CT molecular complexity index is 2160. The minimum Gasteiger partial charge on any atom is -0.368 e. The lowest BCUT2D eigenvalue weighted by molar-refractivity contribution is 0.500. The summed E-state index contributed by atoms with van der Waals surface area (Å²) < 4.78 is 0. The van der Waals surface area contributed by atoms with Crippen LogP contribution >= 0.6 is 11.3 Å². The zero-order chi connectivity index (χ0) is 30.4. The highest BCUT2D eigenvalue weighted by molar-refractivity contribution is 7.25. The van der Waals surface area contributed by atoms with E-state index >= 15 is 0 Å². The Balaban J connectivity index is 0.990. The first-order chi connectivity index (χ1) is 21.9. The number of para-hydroxylation sites is 2. The van der Waals surface area contributed by atoms with Crippen molar-refractivity contribution in [3.8, 4) is 0 Å². The Morgan fingerprint density at radius 1 is 0.511 bits per heavy atom. The molecule has 2 aliphatic heterocycles. The number of aromatic nitrogens is 6. The van der Waals surface area contributed by atoms with E-state index < -0.39 is 0 Å². The molecule has 0 bridgehead atoms. The van der Waals surface area contributed by atoms with Crippen LogP contribution in [0.25, 0.3) is 42.2 Å². The molecule has 222 valence electrons. The van der Waals surface area contributed by atoms with Crippen LogP contribution in [0.3, 0.4) is 0 Å². The quantitative estimate of drug-likeness (QED) is 0.208. The number of thiophene rings is 1. The molecule has 0 aliphatic carbocycles. The Labute approximate surface area is 264 Å². The van der Waals surface area contributed by atoms with E-state index in [-0.39, 0.29) is 0 Å². The van der Waals surface area contributed by atoms with Gasteiger partial charge in [-0.2, -0.15) is 0 Å². The van der Waals surface area contributed by atoms with Crippen LogP contribution in [0.2, 0.25) is 0 Å². The summed E-state index contributed by atoms with van der Waals surface area (Å²) in [5.41, 5.74) is 8.61. The molecular weight excluding hydrogens is 577 g/mol. The van der Waals surface area contributed by atoms with Gasteiger partial charge in [0, 0.05) is 59.1 Å². The lowest BCUT2D eigenvalue weighted by atomic mass is 9.96. The van der Waals surface area contributed by atoms with Crippen molar-refractivity contribution in [2.75, 3.05) is 36.0 Å². The summed E-state index contributed by atoms with van der Waals surface area (Å²) in [7, 11) is 0.